The Morgan fingerprint density at radius 3 is 2.50 bits per heavy atom. The van der Waals surface area contributed by atoms with Gasteiger partial charge in [0.2, 0.25) is 0 Å². The lowest BCUT2D eigenvalue weighted by Gasteiger charge is -2.34. The molecule has 0 amide bonds. The average Bonchev–Trinajstić information content (AvgIpc) is 2.98. The molecule has 2 nitrogen and oxygen atoms in total. The van der Waals surface area contributed by atoms with Gasteiger partial charge in [-0.15, -0.1) is 0 Å². The van der Waals surface area contributed by atoms with Crippen molar-refractivity contribution in [2.24, 2.45) is 5.92 Å². The summed E-state index contributed by atoms with van der Waals surface area (Å²) in [5.41, 5.74) is 1.52. The minimum atomic E-state index is -0.438. The first-order valence-electron chi connectivity index (χ1n) is 8.67. The van der Waals surface area contributed by atoms with E-state index in [0.717, 1.165) is 32.5 Å². The SMILES string of the molecule is Fc1cccc(F)c1C1CC2CCN(Cc3ccccc3)CC2N1. The van der Waals surface area contributed by atoms with Gasteiger partial charge in [-0.05, 0) is 43.0 Å². The fourth-order valence-electron chi connectivity index (χ4n) is 4.20. The lowest BCUT2D eigenvalue weighted by molar-refractivity contribution is 0.159. The quantitative estimate of drug-likeness (QED) is 0.919. The molecule has 2 aliphatic heterocycles. The highest BCUT2D eigenvalue weighted by atomic mass is 19.1. The number of hydrogen-bond donors (Lipinski definition) is 1. The van der Waals surface area contributed by atoms with E-state index in [9.17, 15) is 8.78 Å². The second kappa shape index (κ2) is 6.61. The van der Waals surface area contributed by atoms with E-state index in [-0.39, 0.29) is 11.6 Å². The molecule has 0 aromatic heterocycles. The molecule has 0 aliphatic carbocycles. The third-order valence-corrected chi connectivity index (χ3v) is 5.39. The van der Waals surface area contributed by atoms with Crippen LogP contribution in [0, 0.1) is 17.6 Å². The molecule has 2 aromatic carbocycles. The van der Waals surface area contributed by atoms with Crippen molar-refractivity contribution in [2.75, 3.05) is 13.1 Å². The van der Waals surface area contributed by atoms with Crippen LogP contribution in [0.15, 0.2) is 48.5 Å². The van der Waals surface area contributed by atoms with Gasteiger partial charge in [0.15, 0.2) is 0 Å². The summed E-state index contributed by atoms with van der Waals surface area (Å²) in [5, 5.41) is 3.48. The molecule has 3 unspecified atom stereocenters. The Morgan fingerprint density at radius 2 is 1.75 bits per heavy atom. The van der Waals surface area contributed by atoms with Gasteiger partial charge in [0, 0.05) is 30.7 Å². The third kappa shape index (κ3) is 3.08. The van der Waals surface area contributed by atoms with Crippen molar-refractivity contribution in [3.8, 4) is 0 Å². The lowest BCUT2D eigenvalue weighted by Crippen LogP contribution is -2.46. The summed E-state index contributed by atoms with van der Waals surface area (Å²) in [4.78, 5) is 2.43. The van der Waals surface area contributed by atoms with Gasteiger partial charge < -0.3 is 5.32 Å². The van der Waals surface area contributed by atoms with E-state index in [4.69, 9.17) is 0 Å². The number of nitrogens with one attached hydrogen (secondary N) is 1. The van der Waals surface area contributed by atoms with E-state index < -0.39 is 11.6 Å². The molecular formula is C20H22F2N2. The highest BCUT2D eigenvalue weighted by Crippen LogP contribution is 2.37. The maximum atomic E-state index is 14.1. The van der Waals surface area contributed by atoms with Crippen LogP contribution in [-0.2, 0) is 6.54 Å². The molecule has 4 heteroatoms. The zero-order chi connectivity index (χ0) is 16.5. The number of benzene rings is 2. The molecule has 2 saturated heterocycles. The van der Waals surface area contributed by atoms with Crippen LogP contribution in [0.2, 0.25) is 0 Å². The number of fused-ring (bicyclic) bond motifs is 1. The minimum absolute atomic E-state index is 0.210. The van der Waals surface area contributed by atoms with Crippen molar-refractivity contribution in [1.82, 2.24) is 10.2 Å². The van der Waals surface area contributed by atoms with E-state index >= 15 is 0 Å². The van der Waals surface area contributed by atoms with Crippen molar-refractivity contribution in [2.45, 2.75) is 31.5 Å². The Labute approximate surface area is 141 Å². The van der Waals surface area contributed by atoms with Crippen LogP contribution in [0.5, 0.6) is 0 Å². The summed E-state index contributed by atoms with van der Waals surface area (Å²) >= 11 is 0. The van der Waals surface area contributed by atoms with Gasteiger partial charge in [-0.1, -0.05) is 36.4 Å². The summed E-state index contributed by atoms with van der Waals surface area (Å²) in [6, 6.07) is 14.7. The maximum absolute atomic E-state index is 14.1. The van der Waals surface area contributed by atoms with Gasteiger partial charge in [-0.3, -0.25) is 4.90 Å². The number of nitrogens with zero attached hydrogens (tertiary/aromatic N) is 1. The second-order valence-electron chi connectivity index (χ2n) is 6.97. The van der Waals surface area contributed by atoms with E-state index in [2.05, 4.69) is 34.5 Å². The molecule has 126 valence electrons. The fourth-order valence-corrected chi connectivity index (χ4v) is 4.20. The molecule has 2 fully saturated rings. The molecule has 24 heavy (non-hydrogen) atoms. The standard InChI is InChI=1S/C20H22F2N2/c21-16-7-4-8-17(22)20(16)18-11-15-9-10-24(13-19(15)23-18)12-14-5-2-1-3-6-14/h1-8,15,18-19,23H,9-13H2. The fraction of sp³-hybridized carbons (Fsp3) is 0.400. The molecule has 4 rings (SSSR count). The van der Waals surface area contributed by atoms with E-state index in [0.29, 0.717) is 12.0 Å². The molecule has 0 spiro atoms. The first-order chi connectivity index (χ1) is 11.7. The highest BCUT2D eigenvalue weighted by Gasteiger charge is 2.39. The van der Waals surface area contributed by atoms with Crippen molar-refractivity contribution >= 4 is 0 Å². The molecule has 2 aliphatic rings. The average molecular weight is 328 g/mol. The Kier molecular flexibility index (Phi) is 4.33. The Balaban J connectivity index is 1.44. The lowest BCUT2D eigenvalue weighted by atomic mass is 9.90. The van der Waals surface area contributed by atoms with Gasteiger partial charge in [0.1, 0.15) is 11.6 Å². The van der Waals surface area contributed by atoms with E-state index in [1.165, 1.54) is 23.8 Å². The summed E-state index contributed by atoms with van der Waals surface area (Å²) < 4.78 is 28.1. The molecule has 3 atom stereocenters. The number of piperidine rings is 1. The summed E-state index contributed by atoms with van der Waals surface area (Å²) in [5.74, 6) is -0.374. The van der Waals surface area contributed by atoms with Gasteiger partial charge in [0.25, 0.3) is 0 Å². The van der Waals surface area contributed by atoms with Crippen LogP contribution in [0.25, 0.3) is 0 Å². The Bertz CT molecular complexity index is 684. The monoisotopic (exact) mass is 328 g/mol. The van der Waals surface area contributed by atoms with Crippen molar-refractivity contribution in [3.63, 3.8) is 0 Å². The van der Waals surface area contributed by atoms with Crippen LogP contribution in [0.3, 0.4) is 0 Å². The number of likely N-dealkylation sites (tertiary alicyclic amines) is 1. The van der Waals surface area contributed by atoms with Crippen LogP contribution < -0.4 is 5.32 Å². The molecule has 1 N–H and O–H groups in total. The van der Waals surface area contributed by atoms with Crippen molar-refractivity contribution < 1.29 is 8.78 Å². The highest BCUT2D eigenvalue weighted by molar-refractivity contribution is 5.25. The Morgan fingerprint density at radius 1 is 1.00 bits per heavy atom. The van der Waals surface area contributed by atoms with Gasteiger partial charge >= 0.3 is 0 Å². The van der Waals surface area contributed by atoms with Crippen LogP contribution in [0.4, 0.5) is 8.78 Å². The van der Waals surface area contributed by atoms with Crippen molar-refractivity contribution in [1.29, 1.82) is 0 Å². The van der Waals surface area contributed by atoms with E-state index in [1.54, 1.807) is 0 Å². The molecule has 0 bridgehead atoms. The summed E-state index contributed by atoms with van der Waals surface area (Å²) in [7, 11) is 0. The van der Waals surface area contributed by atoms with Crippen LogP contribution >= 0.6 is 0 Å². The molecular weight excluding hydrogens is 306 g/mol. The summed E-state index contributed by atoms with van der Waals surface area (Å²) in [6.07, 6.45) is 1.90. The van der Waals surface area contributed by atoms with Gasteiger partial charge in [-0.25, -0.2) is 8.78 Å². The van der Waals surface area contributed by atoms with Crippen LogP contribution in [0.1, 0.15) is 30.0 Å². The Hall–Kier alpha value is -1.78. The number of hydrogen-bond acceptors (Lipinski definition) is 2. The molecule has 0 radical (unpaired) electrons. The van der Waals surface area contributed by atoms with Crippen LogP contribution in [-0.4, -0.2) is 24.0 Å². The van der Waals surface area contributed by atoms with Gasteiger partial charge in [-0.2, -0.15) is 0 Å². The predicted molar refractivity (Wildman–Crippen MR) is 90.5 cm³/mol. The van der Waals surface area contributed by atoms with Crippen molar-refractivity contribution in [3.05, 3.63) is 71.3 Å². The maximum Gasteiger partial charge on any atom is 0.130 e. The first-order valence-corrected chi connectivity index (χ1v) is 8.67. The third-order valence-electron chi connectivity index (χ3n) is 5.39. The topological polar surface area (TPSA) is 15.3 Å². The summed E-state index contributed by atoms with van der Waals surface area (Å²) in [6.45, 7) is 2.92. The second-order valence-corrected chi connectivity index (χ2v) is 6.97. The normalized spacial score (nSPS) is 27.2. The first kappa shape index (κ1) is 15.7. The molecule has 2 aromatic rings. The van der Waals surface area contributed by atoms with E-state index in [1.807, 2.05) is 6.07 Å². The minimum Gasteiger partial charge on any atom is -0.305 e. The number of rotatable bonds is 3. The predicted octanol–water partition coefficient (Wildman–Crippen LogP) is 3.89. The van der Waals surface area contributed by atoms with Gasteiger partial charge in [0.05, 0.1) is 0 Å². The number of halogens is 2. The zero-order valence-corrected chi connectivity index (χ0v) is 13.6. The molecule has 0 saturated carbocycles. The zero-order valence-electron chi connectivity index (χ0n) is 13.6. The largest absolute Gasteiger partial charge is 0.305 e. The smallest absolute Gasteiger partial charge is 0.130 e. The molecule has 2 heterocycles.